The summed E-state index contributed by atoms with van der Waals surface area (Å²) < 4.78 is 0. The van der Waals surface area contributed by atoms with Crippen LogP contribution in [-0.4, -0.2) is 41.6 Å². The molecule has 1 saturated heterocycles. The van der Waals surface area contributed by atoms with E-state index in [4.69, 9.17) is 5.73 Å². The number of nitrogens with zero attached hydrogens (tertiary/aromatic N) is 1. The van der Waals surface area contributed by atoms with Gasteiger partial charge in [0, 0.05) is 23.9 Å². The Hall–Kier alpha value is 0.270. The van der Waals surface area contributed by atoms with Gasteiger partial charge in [-0.3, -0.25) is 4.90 Å². The second kappa shape index (κ2) is 3.94. The standard InChI is InChI=1S/C12H24N2S/c1-11(2)6-7-15-9-12(11,8-13)14(3)10-4-5-10/h10H,4-9,13H2,1-3H3. The largest absolute Gasteiger partial charge is 0.329 e. The maximum atomic E-state index is 6.13. The summed E-state index contributed by atoms with van der Waals surface area (Å²) in [6, 6.07) is 0.812. The van der Waals surface area contributed by atoms with Crippen LogP contribution in [0.1, 0.15) is 33.1 Å². The lowest BCUT2D eigenvalue weighted by molar-refractivity contribution is 0.0145. The van der Waals surface area contributed by atoms with Crippen molar-refractivity contribution in [3.63, 3.8) is 0 Å². The van der Waals surface area contributed by atoms with Gasteiger partial charge in [0.25, 0.3) is 0 Å². The van der Waals surface area contributed by atoms with Crippen LogP contribution < -0.4 is 5.73 Å². The zero-order valence-corrected chi connectivity index (χ0v) is 11.1. The Morgan fingerprint density at radius 1 is 1.40 bits per heavy atom. The van der Waals surface area contributed by atoms with Crippen LogP contribution in [0.2, 0.25) is 0 Å². The molecule has 88 valence electrons. The maximum Gasteiger partial charge on any atom is 0.0472 e. The summed E-state index contributed by atoms with van der Waals surface area (Å²) in [6.45, 7) is 5.61. The highest BCUT2D eigenvalue weighted by Crippen LogP contribution is 2.48. The van der Waals surface area contributed by atoms with Crippen LogP contribution in [0.3, 0.4) is 0 Å². The first-order valence-corrected chi connectivity index (χ1v) is 7.20. The van der Waals surface area contributed by atoms with Crippen molar-refractivity contribution in [1.29, 1.82) is 0 Å². The van der Waals surface area contributed by atoms with Crippen molar-refractivity contribution in [2.24, 2.45) is 11.1 Å². The fourth-order valence-electron chi connectivity index (χ4n) is 2.87. The smallest absolute Gasteiger partial charge is 0.0472 e. The monoisotopic (exact) mass is 228 g/mol. The molecular weight excluding hydrogens is 204 g/mol. The van der Waals surface area contributed by atoms with Crippen molar-refractivity contribution in [3.05, 3.63) is 0 Å². The van der Waals surface area contributed by atoms with Crippen molar-refractivity contribution in [1.82, 2.24) is 4.90 Å². The average molecular weight is 228 g/mol. The van der Waals surface area contributed by atoms with Crippen molar-refractivity contribution in [3.8, 4) is 0 Å². The van der Waals surface area contributed by atoms with E-state index in [1.165, 1.54) is 30.8 Å². The Bertz CT molecular complexity index is 238. The van der Waals surface area contributed by atoms with Gasteiger partial charge in [0.15, 0.2) is 0 Å². The van der Waals surface area contributed by atoms with Gasteiger partial charge in [-0.1, -0.05) is 13.8 Å². The minimum atomic E-state index is 0.233. The lowest BCUT2D eigenvalue weighted by atomic mass is 9.69. The quantitative estimate of drug-likeness (QED) is 0.800. The van der Waals surface area contributed by atoms with E-state index in [0.717, 1.165) is 12.6 Å². The predicted molar refractivity (Wildman–Crippen MR) is 68.3 cm³/mol. The second-order valence-corrected chi connectivity index (χ2v) is 6.87. The molecule has 3 heteroatoms. The first-order valence-electron chi connectivity index (χ1n) is 6.04. The first kappa shape index (κ1) is 11.7. The molecule has 2 fully saturated rings. The van der Waals surface area contributed by atoms with Gasteiger partial charge in [-0.05, 0) is 37.5 Å². The molecule has 2 rings (SSSR count). The molecule has 1 heterocycles. The van der Waals surface area contributed by atoms with Gasteiger partial charge in [0.2, 0.25) is 0 Å². The minimum absolute atomic E-state index is 0.233. The van der Waals surface area contributed by atoms with Gasteiger partial charge in [0.05, 0.1) is 0 Å². The summed E-state index contributed by atoms with van der Waals surface area (Å²) in [7, 11) is 2.29. The molecule has 0 aromatic heterocycles. The molecule has 0 aromatic carbocycles. The summed E-state index contributed by atoms with van der Waals surface area (Å²) in [5.41, 5.74) is 6.72. The molecule has 1 saturated carbocycles. The zero-order valence-electron chi connectivity index (χ0n) is 10.3. The first-order chi connectivity index (χ1) is 7.03. The molecule has 1 aliphatic carbocycles. The van der Waals surface area contributed by atoms with Gasteiger partial charge in [-0.25, -0.2) is 0 Å². The van der Waals surface area contributed by atoms with Crippen molar-refractivity contribution >= 4 is 11.8 Å². The van der Waals surface area contributed by atoms with Crippen LogP contribution in [0.15, 0.2) is 0 Å². The second-order valence-electron chi connectivity index (χ2n) is 5.76. The van der Waals surface area contributed by atoms with E-state index in [2.05, 4.69) is 37.6 Å². The van der Waals surface area contributed by atoms with Crippen molar-refractivity contribution in [2.45, 2.75) is 44.7 Å². The van der Waals surface area contributed by atoms with E-state index in [9.17, 15) is 0 Å². The third kappa shape index (κ3) is 1.83. The summed E-state index contributed by atoms with van der Waals surface area (Å²) in [5, 5.41) is 0. The topological polar surface area (TPSA) is 29.3 Å². The Labute approximate surface area is 98.0 Å². The van der Waals surface area contributed by atoms with Crippen molar-refractivity contribution < 1.29 is 0 Å². The number of hydrogen-bond acceptors (Lipinski definition) is 3. The van der Waals surface area contributed by atoms with Gasteiger partial charge in [-0.15, -0.1) is 0 Å². The molecular formula is C12H24N2S. The van der Waals surface area contributed by atoms with Crippen LogP contribution in [0, 0.1) is 5.41 Å². The van der Waals surface area contributed by atoms with E-state index in [1.54, 1.807) is 0 Å². The highest BCUT2D eigenvalue weighted by Gasteiger charge is 2.51. The van der Waals surface area contributed by atoms with E-state index in [-0.39, 0.29) is 5.54 Å². The predicted octanol–water partition coefficient (Wildman–Crippen LogP) is 1.94. The van der Waals surface area contributed by atoms with Gasteiger partial charge in [-0.2, -0.15) is 11.8 Å². The number of thioether (sulfide) groups is 1. The van der Waals surface area contributed by atoms with E-state index in [1.807, 2.05) is 0 Å². The SMILES string of the molecule is CN(C1CC1)C1(CN)CSCCC1(C)C. The number of hydrogen-bond donors (Lipinski definition) is 1. The fourth-order valence-corrected chi connectivity index (χ4v) is 4.72. The van der Waals surface area contributed by atoms with Crippen LogP contribution in [0.25, 0.3) is 0 Å². The minimum Gasteiger partial charge on any atom is -0.329 e. The molecule has 0 bridgehead atoms. The number of nitrogens with two attached hydrogens (primary N) is 1. The van der Waals surface area contributed by atoms with Crippen LogP contribution >= 0.6 is 11.8 Å². The highest BCUT2D eigenvalue weighted by molar-refractivity contribution is 7.99. The van der Waals surface area contributed by atoms with E-state index in [0.29, 0.717) is 5.41 Å². The Morgan fingerprint density at radius 2 is 2.07 bits per heavy atom. The maximum absolute atomic E-state index is 6.13. The van der Waals surface area contributed by atoms with E-state index >= 15 is 0 Å². The molecule has 2 N–H and O–H groups in total. The molecule has 1 unspecified atom stereocenters. The molecule has 0 amide bonds. The van der Waals surface area contributed by atoms with Crippen LogP contribution in [0.4, 0.5) is 0 Å². The summed E-state index contributed by atoms with van der Waals surface area (Å²) >= 11 is 2.08. The van der Waals surface area contributed by atoms with E-state index < -0.39 is 0 Å². The third-order valence-corrected chi connectivity index (χ3v) is 5.75. The summed E-state index contributed by atoms with van der Waals surface area (Å²) in [4.78, 5) is 2.60. The number of rotatable bonds is 3. The Morgan fingerprint density at radius 3 is 2.53 bits per heavy atom. The van der Waals surface area contributed by atoms with Gasteiger partial charge in [0.1, 0.15) is 0 Å². The van der Waals surface area contributed by atoms with Crippen LogP contribution in [-0.2, 0) is 0 Å². The Kier molecular flexibility index (Phi) is 3.08. The average Bonchev–Trinajstić information content (AvgIpc) is 3.00. The molecule has 1 atom stereocenters. The van der Waals surface area contributed by atoms with Gasteiger partial charge < -0.3 is 5.73 Å². The summed E-state index contributed by atoms with van der Waals surface area (Å²) in [6.07, 6.45) is 4.05. The lowest BCUT2D eigenvalue weighted by Gasteiger charge is -2.54. The molecule has 0 spiro atoms. The zero-order chi connectivity index (χ0) is 11.1. The van der Waals surface area contributed by atoms with Gasteiger partial charge >= 0.3 is 0 Å². The molecule has 0 radical (unpaired) electrons. The molecule has 1 aliphatic heterocycles. The molecule has 2 nitrogen and oxygen atoms in total. The Balaban J connectivity index is 2.23. The van der Waals surface area contributed by atoms with Crippen molar-refractivity contribution in [2.75, 3.05) is 25.1 Å². The third-order valence-electron chi connectivity index (χ3n) is 4.58. The number of likely N-dealkylation sites (N-methyl/N-ethyl adjacent to an activating group) is 1. The molecule has 15 heavy (non-hydrogen) atoms. The molecule has 0 aromatic rings. The van der Waals surface area contributed by atoms with Crippen LogP contribution in [0.5, 0.6) is 0 Å². The summed E-state index contributed by atoms with van der Waals surface area (Å²) in [5.74, 6) is 2.51. The molecule has 2 aliphatic rings. The highest BCUT2D eigenvalue weighted by atomic mass is 32.2. The fraction of sp³-hybridized carbons (Fsp3) is 1.00. The normalized spacial score (nSPS) is 35.8. The lowest BCUT2D eigenvalue weighted by Crippen LogP contribution is -2.65.